The number of para-hydroxylation sites is 1. The van der Waals surface area contributed by atoms with Crippen LogP contribution in [0.5, 0.6) is 5.75 Å². The summed E-state index contributed by atoms with van der Waals surface area (Å²) in [4.78, 5) is 16.5. The Labute approximate surface area is 145 Å². The van der Waals surface area contributed by atoms with Crippen molar-refractivity contribution in [2.24, 2.45) is 0 Å². The first-order valence-electron chi connectivity index (χ1n) is 7.58. The van der Waals surface area contributed by atoms with Crippen LogP contribution in [-0.4, -0.2) is 17.5 Å². The number of amides is 1. The van der Waals surface area contributed by atoms with Gasteiger partial charge in [-0.05, 0) is 49.2 Å². The molecule has 5 heteroatoms. The molecular weight excluding hydrogens is 324 g/mol. The van der Waals surface area contributed by atoms with E-state index in [-0.39, 0.29) is 12.5 Å². The molecule has 122 valence electrons. The Hall–Kier alpha value is -2.59. The first-order valence-corrected chi connectivity index (χ1v) is 7.95. The van der Waals surface area contributed by atoms with Gasteiger partial charge in [0.05, 0.1) is 11.2 Å². The fourth-order valence-electron chi connectivity index (χ4n) is 2.53. The van der Waals surface area contributed by atoms with Gasteiger partial charge in [0.15, 0.2) is 6.61 Å². The minimum atomic E-state index is -0.238. The Morgan fingerprint density at radius 2 is 1.88 bits per heavy atom. The highest BCUT2D eigenvalue weighted by Crippen LogP contribution is 2.26. The van der Waals surface area contributed by atoms with E-state index in [2.05, 4.69) is 10.3 Å². The summed E-state index contributed by atoms with van der Waals surface area (Å²) in [6, 6.07) is 13.1. The molecular formula is C19H17ClN2O2. The van der Waals surface area contributed by atoms with Crippen LogP contribution >= 0.6 is 11.6 Å². The van der Waals surface area contributed by atoms with Crippen molar-refractivity contribution in [3.63, 3.8) is 0 Å². The number of pyridine rings is 1. The van der Waals surface area contributed by atoms with Crippen molar-refractivity contribution in [2.75, 3.05) is 11.9 Å². The van der Waals surface area contributed by atoms with E-state index < -0.39 is 0 Å². The third-order valence-electron chi connectivity index (χ3n) is 3.69. The maximum absolute atomic E-state index is 12.2. The molecule has 3 aromatic rings. The van der Waals surface area contributed by atoms with Crippen molar-refractivity contribution < 1.29 is 9.53 Å². The topological polar surface area (TPSA) is 51.2 Å². The van der Waals surface area contributed by atoms with Crippen LogP contribution in [0.4, 0.5) is 5.69 Å². The smallest absolute Gasteiger partial charge is 0.262 e. The molecule has 0 spiro atoms. The number of aromatic nitrogens is 1. The van der Waals surface area contributed by atoms with Crippen molar-refractivity contribution in [1.82, 2.24) is 4.98 Å². The fraction of sp³-hybridized carbons (Fsp3) is 0.158. The molecule has 1 heterocycles. The Morgan fingerprint density at radius 1 is 1.17 bits per heavy atom. The number of anilines is 1. The molecule has 0 aliphatic rings. The van der Waals surface area contributed by atoms with Gasteiger partial charge in [-0.15, -0.1) is 0 Å². The second-order valence-corrected chi connectivity index (χ2v) is 5.97. The highest BCUT2D eigenvalue weighted by molar-refractivity contribution is 6.32. The lowest BCUT2D eigenvalue weighted by Gasteiger charge is -2.11. The van der Waals surface area contributed by atoms with E-state index in [0.29, 0.717) is 16.5 Å². The number of hydrogen-bond donors (Lipinski definition) is 1. The molecule has 0 fully saturated rings. The predicted octanol–water partition coefficient (Wildman–Crippen LogP) is 4.52. The SMILES string of the molecule is Cc1cc(OCC(=O)Nc2cccc3cccnc23)cc(C)c1Cl. The Balaban J connectivity index is 1.70. The molecule has 0 unspecified atom stereocenters. The number of halogens is 1. The van der Waals surface area contributed by atoms with Gasteiger partial charge in [0, 0.05) is 16.6 Å². The molecule has 0 radical (unpaired) electrons. The van der Waals surface area contributed by atoms with Crippen molar-refractivity contribution in [3.8, 4) is 5.75 Å². The summed E-state index contributed by atoms with van der Waals surface area (Å²) >= 11 is 6.13. The van der Waals surface area contributed by atoms with Crippen LogP contribution in [0.15, 0.2) is 48.7 Å². The lowest BCUT2D eigenvalue weighted by atomic mass is 10.1. The predicted molar refractivity (Wildman–Crippen MR) is 96.8 cm³/mol. The second-order valence-electron chi connectivity index (χ2n) is 5.59. The zero-order valence-corrected chi connectivity index (χ0v) is 14.2. The van der Waals surface area contributed by atoms with Crippen molar-refractivity contribution in [1.29, 1.82) is 0 Å². The molecule has 0 bridgehead atoms. The number of hydrogen-bond acceptors (Lipinski definition) is 3. The van der Waals surface area contributed by atoms with Crippen LogP contribution in [0.3, 0.4) is 0 Å². The number of aryl methyl sites for hydroxylation is 2. The molecule has 0 aliphatic heterocycles. The van der Waals surface area contributed by atoms with Gasteiger partial charge in [0.2, 0.25) is 0 Å². The number of ether oxygens (including phenoxy) is 1. The first-order chi connectivity index (χ1) is 11.5. The van der Waals surface area contributed by atoms with E-state index in [9.17, 15) is 4.79 Å². The van der Waals surface area contributed by atoms with Crippen LogP contribution in [0, 0.1) is 13.8 Å². The number of fused-ring (bicyclic) bond motifs is 1. The summed E-state index contributed by atoms with van der Waals surface area (Å²) in [6.45, 7) is 3.73. The summed E-state index contributed by atoms with van der Waals surface area (Å²) in [5, 5.41) is 4.53. The lowest BCUT2D eigenvalue weighted by Crippen LogP contribution is -2.20. The maximum Gasteiger partial charge on any atom is 0.262 e. The van der Waals surface area contributed by atoms with Gasteiger partial charge in [-0.2, -0.15) is 0 Å². The third kappa shape index (κ3) is 3.49. The molecule has 0 saturated heterocycles. The maximum atomic E-state index is 12.2. The number of carbonyl (C=O) groups excluding carboxylic acids is 1. The van der Waals surface area contributed by atoms with E-state index in [1.54, 1.807) is 6.20 Å². The third-order valence-corrected chi connectivity index (χ3v) is 4.28. The molecule has 1 aromatic heterocycles. The number of carbonyl (C=O) groups is 1. The fourth-order valence-corrected chi connectivity index (χ4v) is 2.64. The largest absolute Gasteiger partial charge is 0.484 e. The molecule has 2 aromatic carbocycles. The molecule has 0 saturated carbocycles. The molecule has 0 atom stereocenters. The molecule has 1 N–H and O–H groups in total. The minimum Gasteiger partial charge on any atom is -0.484 e. The molecule has 0 aliphatic carbocycles. The summed E-state index contributed by atoms with van der Waals surface area (Å²) < 4.78 is 5.58. The summed E-state index contributed by atoms with van der Waals surface area (Å²) in [7, 11) is 0. The molecule has 4 nitrogen and oxygen atoms in total. The van der Waals surface area contributed by atoms with Gasteiger partial charge >= 0.3 is 0 Å². The van der Waals surface area contributed by atoms with E-state index in [1.807, 2.05) is 56.3 Å². The standard InChI is InChI=1S/C19H17ClN2O2/c1-12-9-15(10-13(2)18(12)20)24-11-17(23)22-16-7-3-5-14-6-4-8-21-19(14)16/h3-10H,11H2,1-2H3,(H,22,23). The van der Waals surface area contributed by atoms with Gasteiger partial charge in [0.25, 0.3) is 5.91 Å². The first kappa shape index (κ1) is 16.3. The molecule has 1 amide bonds. The van der Waals surface area contributed by atoms with Gasteiger partial charge < -0.3 is 10.1 Å². The normalized spacial score (nSPS) is 10.6. The quantitative estimate of drug-likeness (QED) is 0.759. The summed E-state index contributed by atoms with van der Waals surface area (Å²) in [6.07, 6.45) is 1.70. The minimum absolute atomic E-state index is 0.0796. The van der Waals surface area contributed by atoms with Crippen LogP contribution in [-0.2, 0) is 4.79 Å². The van der Waals surface area contributed by atoms with Crippen LogP contribution in [0.25, 0.3) is 10.9 Å². The van der Waals surface area contributed by atoms with Crippen molar-refractivity contribution >= 4 is 34.1 Å². The Bertz CT molecular complexity index is 881. The number of rotatable bonds is 4. The van der Waals surface area contributed by atoms with Crippen LogP contribution in [0.1, 0.15) is 11.1 Å². The Kier molecular flexibility index (Phi) is 4.67. The van der Waals surface area contributed by atoms with Gasteiger partial charge in [-0.1, -0.05) is 29.8 Å². The van der Waals surface area contributed by atoms with Gasteiger partial charge in [0.1, 0.15) is 5.75 Å². The number of nitrogens with zero attached hydrogens (tertiary/aromatic N) is 1. The summed E-state index contributed by atoms with van der Waals surface area (Å²) in [5.41, 5.74) is 3.27. The Morgan fingerprint density at radius 3 is 2.62 bits per heavy atom. The van der Waals surface area contributed by atoms with E-state index in [4.69, 9.17) is 16.3 Å². The number of nitrogens with one attached hydrogen (secondary N) is 1. The molecule has 24 heavy (non-hydrogen) atoms. The van der Waals surface area contributed by atoms with Crippen LogP contribution in [0.2, 0.25) is 5.02 Å². The second kappa shape index (κ2) is 6.89. The zero-order chi connectivity index (χ0) is 17.1. The highest BCUT2D eigenvalue weighted by atomic mass is 35.5. The average Bonchev–Trinajstić information content (AvgIpc) is 2.58. The number of benzene rings is 2. The van der Waals surface area contributed by atoms with E-state index in [1.165, 1.54) is 0 Å². The average molecular weight is 341 g/mol. The molecule has 3 rings (SSSR count). The summed E-state index contributed by atoms with van der Waals surface area (Å²) in [5.74, 6) is 0.388. The van der Waals surface area contributed by atoms with Gasteiger partial charge in [-0.3, -0.25) is 9.78 Å². The van der Waals surface area contributed by atoms with Crippen LogP contribution < -0.4 is 10.1 Å². The van der Waals surface area contributed by atoms with E-state index in [0.717, 1.165) is 22.0 Å². The zero-order valence-electron chi connectivity index (χ0n) is 13.5. The van der Waals surface area contributed by atoms with E-state index >= 15 is 0 Å². The highest BCUT2D eigenvalue weighted by Gasteiger charge is 2.09. The van der Waals surface area contributed by atoms with Crippen molar-refractivity contribution in [3.05, 3.63) is 64.8 Å². The van der Waals surface area contributed by atoms with Crippen molar-refractivity contribution in [2.45, 2.75) is 13.8 Å². The lowest BCUT2D eigenvalue weighted by molar-refractivity contribution is -0.118. The van der Waals surface area contributed by atoms with Gasteiger partial charge in [-0.25, -0.2) is 0 Å². The monoisotopic (exact) mass is 340 g/mol.